The van der Waals surface area contributed by atoms with Gasteiger partial charge in [-0.3, -0.25) is 0 Å². The molecule has 1 aliphatic heterocycles. The molecule has 0 spiro atoms. The molecule has 2 rings (SSSR count). The highest BCUT2D eigenvalue weighted by atomic mass is 35.5. The lowest BCUT2D eigenvalue weighted by molar-refractivity contribution is 0.00578. The molecule has 0 atom stereocenters. The SMILES string of the molecule is CC1(C)OB(C(=Cc2cc(Cl)cc(N)c2O)CS)OC1(C)C. The van der Waals surface area contributed by atoms with Crippen LogP contribution in [0.25, 0.3) is 6.08 Å². The normalized spacial score (nSPS) is 20.5. The minimum Gasteiger partial charge on any atom is -0.505 e. The lowest BCUT2D eigenvalue weighted by Crippen LogP contribution is -2.41. The molecule has 22 heavy (non-hydrogen) atoms. The molecular weight excluding hydrogens is 321 g/mol. The molecule has 3 N–H and O–H groups in total. The van der Waals surface area contributed by atoms with Gasteiger partial charge < -0.3 is 20.1 Å². The van der Waals surface area contributed by atoms with Crippen molar-refractivity contribution in [1.29, 1.82) is 0 Å². The fourth-order valence-electron chi connectivity index (χ4n) is 2.13. The number of hydrogen-bond acceptors (Lipinski definition) is 5. The van der Waals surface area contributed by atoms with Gasteiger partial charge >= 0.3 is 7.12 Å². The molecule has 0 aliphatic carbocycles. The zero-order valence-corrected chi connectivity index (χ0v) is 14.8. The smallest absolute Gasteiger partial charge is 0.491 e. The van der Waals surface area contributed by atoms with Gasteiger partial charge in [0.25, 0.3) is 0 Å². The number of thiol groups is 1. The number of rotatable bonds is 3. The van der Waals surface area contributed by atoms with Gasteiger partial charge in [-0.1, -0.05) is 17.7 Å². The van der Waals surface area contributed by atoms with Gasteiger partial charge in [0.2, 0.25) is 0 Å². The molecule has 4 nitrogen and oxygen atoms in total. The molecule has 0 aromatic heterocycles. The van der Waals surface area contributed by atoms with Gasteiger partial charge in [0.05, 0.1) is 16.9 Å². The first-order valence-electron chi connectivity index (χ1n) is 7.02. The van der Waals surface area contributed by atoms with Crippen LogP contribution < -0.4 is 5.73 Å². The third-order valence-electron chi connectivity index (χ3n) is 4.21. The van der Waals surface area contributed by atoms with E-state index in [9.17, 15) is 5.11 Å². The van der Waals surface area contributed by atoms with Crippen LogP contribution in [0, 0.1) is 0 Å². The largest absolute Gasteiger partial charge is 0.505 e. The van der Waals surface area contributed by atoms with Crippen molar-refractivity contribution in [3.63, 3.8) is 0 Å². The third kappa shape index (κ3) is 3.25. The number of phenols is 1. The molecule has 7 heteroatoms. The summed E-state index contributed by atoms with van der Waals surface area (Å²) in [6.45, 7) is 7.94. The number of hydrogen-bond donors (Lipinski definition) is 3. The molecule has 1 saturated heterocycles. The predicted octanol–water partition coefficient (Wildman–Crippen LogP) is 3.57. The number of phenolic OH excluding ortho intramolecular Hbond substituents is 1. The maximum absolute atomic E-state index is 10.1. The second-order valence-electron chi connectivity index (χ2n) is 6.40. The average Bonchev–Trinajstić information content (AvgIpc) is 2.60. The molecule has 1 heterocycles. The summed E-state index contributed by atoms with van der Waals surface area (Å²) in [4.78, 5) is 0. The van der Waals surface area contributed by atoms with E-state index in [-0.39, 0.29) is 11.4 Å². The third-order valence-corrected chi connectivity index (χ3v) is 4.80. The van der Waals surface area contributed by atoms with Gasteiger partial charge in [-0.15, -0.1) is 0 Å². The van der Waals surface area contributed by atoms with Crippen LogP contribution in [-0.4, -0.2) is 29.2 Å². The fraction of sp³-hybridized carbons (Fsp3) is 0.467. The molecule has 0 saturated carbocycles. The van der Waals surface area contributed by atoms with Crippen LogP contribution >= 0.6 is 24.2 Å². The Kier molecular flexibility index (Phi) is 4.78. The first-order chi connectivity index (χ1) is 10.1. The molecule has 1 aromatic carbocycles. The number of nitrogen functional groups attached to an aromatic ring is 1. The molecular formula is C15H21BClNO3S. The second-order valence-corrected chi connectivity index (χ2v) is 7.15. The summed E-state index contributed by atoms with van der Waals surface area (Å²) < 4.78 is 12.0. The van der Waals surface area contributed by atoms with Crippen molar-refractivity contribution >= 4 is 43.1 Å². The van der Waals surface area contributed by atoms with Crippen molar-refractivity contribution in [2.45, 2.75) is 38.9 Å². The monoisotopic (exact) mass is 341 g/mol. The van der Waals surface area contributed by atoms with E-state index in [0.717, 1.165) is 5.47 Å². The molecule has 1 fully saturated rings. The Bertz CT molecular complexity index is 603. The van der Waals surface area contributed by atoms with E-state index in [2.05, 4.69) is 12.6 Å². The van der Waals surface area contributed by atoms with E-state index in [4.69, 9.17) is 26.6 Å². The molecule has 0 unspecified atom stereocenters. The Morgan fingerprint density at radius 1 is 1.32 bits per heavy atom. The summed E-state index contributed by atoms with van der Waals surface area (Å²) in [6, 6.07) is 3.14. The van der Waals surface area contributed by atoms with Crippen molar-refractivity contribution < 1.29 is 14.4 Å². The van der Waals surface area contributed by atoms with Crippen molar-refractivity contribution in [3.05, 3.63) is 28.2 Å². The van der Waals surface area contributed by atoms with Crippen LogP contribution in [0.4, 0.5) is 5.69 Å². The quantitative estimate of drug-likeness (QED) is 0.340. The van der Waals surface area contributed by atoms with E-state index in [1.165, 1.54) is 6.07 Å². The van der Waals surface area contributed by atoms with Crippen molar-refractivity contribution in [1.82, 2.24) is 0 Å². The van der Waals surface area contributed by atoms with E-state index < -0.39 is 18.3 Å². The fourth-order valence-corrected chi connectivity index (χ4v) is 2.61. The zero-order chi connectivity index (χ0) is 16.7. The van der Waals surface area contributed by atoms with Crippen molar-refractivity contribution in [3.8, 4) is 5.75 Å². The summed E-state index contributed by atoms with van der Waals surface area (Å²) in [5.74, 6) is 0.406. The Morgan fingerprint density at radius 2 is 1.86 bits per heavy atom. The first-order valence-corrected chi connectivity index (χ1v) is 8.03. The Labute approximate surface area is 142 Å². The molecule has 0 bridgehead atoms. The molecule has 1 aromatic rings. The van der Waals surface area contributed by atoms with Gasteiger partial charge in [0.15, 0.2) is 0 Å². The topological polar surface area (TPSA) is 64.7 Å². The Balaban J connectivity index is 2.38. The van der Waals surface area contributed by atoms with Crippen LogP contribution in [0.3, 0.4) is 0 Å². The van der Waals surface area contributed by atoms with Gasteiger partial charge in [-0.25, -0.2) is 0 Å². The molecule has 120 valence electrons. The summed E-state index contributed by atoms with van der Waals surface area (Å²) >= 11 is 10.3. The minimum absolute atomic E-state index is 0.0137. The first kappa shape index (κ1) is 17.5. The average molecular weight is 342 g/mol. The van der Waals surface area contributed by atoms with E-state index in [0.29, 0.717) is 16.3 Å². The van der Waals surface area contributed by atoms with E-state index in [1.807, 2.05) is 27.7 Å². The highest BCUT2D eigenvalue weighted by molar-refractivity contribution is 7.80. The maximum atomic E-state index is 10.1. The van der Waals surface area contributed by atoms with E-state index >= 15 is 0 Å². The van der Waals surface area contributed by atoms with Crippen LogP contribution in [0.5, 0.6) is 5.75 Å². The van der Waals surface area contributed by atoms with Gasteiger partial charge in [-0.2, -0.15) is 12.6 Å². The van der Waals surface area contributed by atoms with Crippen molar-refractivity contribution in [2.75, 3.05) is 11.5 Å². The molecule has 1 aliphatic rings. The summed E-state index contributed by atoms with van der Waals surface area (Å²) in [6.07, 6.45) is 1.76. The predicted molar refractivity (Wildman–Crippen MR) is 95.4 cm³/mol. The Morgan fingerprint density at radius 3 is 2.36 bits per heavy atom. The van der Waals surface area contributed by atoms with Gasteiger partial charge in [0.1, 0.15) is 5.75 Å². The number of anilines is 1. The second kappa shape index (κ2) is 6.00. The highest BCUT2D eigenvalue weighted by Crippen LogP contribution is 2.39. The number of benzene rings is 1. The lowest BCUT2D eigenvalue weighted by atomic mass is 9.78. The number of halogens is 1. The summed E-state index contributed by atoms with van der Waals surface area (Å²) in [5.41, 5.74) is 6.40. The lowest BCUT2D eigenvalue weighted by Gasteiger charge is -2.32. The summed E-state index contributed by atoms with van der Waals surface area (Å²) in [5, 5.41) is 10.5. The van der Waals surface area contributed by atoms with E-state index in [1.54, 1.807) is 12.1 Å². The number of aromatic hydroxyl groups is 1. The zero-order valence-electron chi connectivity index (χ0n) is 13.2. The highest BCUT2D eigenvalue weighted by Gasteiger charge is 2.52. The van der Waals surface area contributed by atoms with Crippen LogP contribution in [0.2, 0.25) is 5.02 Å². The standard InChI is InChI=1S/C15H21BClNO3S/c1-14(2)15(3,4)21-16(20-14)10(8-22)5-9-6-11(17)7-12(18)13(9)19/h5-7,19,22H,8,18H2,1-4H3. The maximum Gasteiger partial charge on any atom is 0.491 e. The molecule has 0 radical (unpaired) electrons. The summed E-state index contributed by atoms with van der Waals surface area (Å²) in [7, 11) is -0.526. The van der Waals surface area contributed by atoms with Crippen LogP contribution in [-0.2, 0) is 9.31 Å². The Hall–Kier alpha value is -0.815. The van der Waals surface area contributed by atoms with Gasteiger partial charge in [0, 0.05) is 16.3 Å². The molecule has 0 amide bonds. The van der Waals surface area contributed by atoms with Crippen molar-refractivity contribution in [2.24, 2.45) is 0 Å². The van der Waals surface area contributed by atoms with Crippen LogP contribution in [0.15, 0.2) is 17.6 Å². The number of nitrogens with two attached hydrogens (primary N) is 1. The van der Waals surface area contributed by atoms with Gasteiger partial charge in [-0.05, 0) is 45.3 Å². The van der Waals surface area contributed by atoms with Crippen LogP contribution in [0.1, 0.15) is 33.3 Å². The minimum atomic E-state index is -0.526.